The number of fused-ring (bicyclic) bond motifs is 1. The van der Waals surface area contributed by atoms with Crippen LogP contribution in [-0.4, -0.2) is 65.1 Å². The monoisotopic (exact) mass is 454 g/mol. The lowest BCUT2D eigenvalue weighted by Gasteiger charge is -2.40. The van der Waals surface area contributed by atoms with Gasteiger partial charge >= 0.3 is 0 Å². The summed E-state index contributed by atoms with van der Waals surface area (Å²) in [6, 6.07) is 14.0. The Kier molecular flexibility index (Phi) is 7.03. The fourth-order valence-electron chi connectivity index (χ4n) is 3.79. The Morgan fingerprint density at radius 1 is 1.09 bits per heavy atom. The number of amides is 1. The van der Waals surface area contributed by atoms with Crippen molar-refractivity contribution in [2.24, 2.45) is 0 Å². The van der Waals surface area contributed by atoms with Gasteiger partial charge in [0.1, 0.15) is 16.5 Å². The molecule has 168 valence electrons. The molecular formula is C24H27FN4O2S. The first kappa shape index (κ1) is 22.6. The average molecular weight is 455 g/mol. The quantitative estimate of drug-likeness (QED) is 0.549. The van der Waals surface area contributed by atoms with Crippen LogP contribution in [0.15, 0.2) is 53.6 Å². The average Bonchev–Trinajstić information content (AvgIpc) is 2.82. The molecule has 1 N–H and O–H groups in total. The zero-order chi connectivity index (χ0) is 22.6. The smallest absolute Gasteiger partial charge is 0.230 e. The molecule has 2 aromatic carbocycles. The second-order valence-electron chi connectivity index (χ2n) is 8.38. The van der Waals surface area contributed by atoms with Crippen LogP contribution in [0.2, 0.25) is 0 Å². The predicted octanol–water partition coefficient (Wildman–Crippen LogP) is 3.76. The van der Waals surface area contributed by atoms with Gasteiger partial charge in [-0.15, -0.1) is 10.2 Å². The first-order chi connectivity index (χ1) is 15.4. The van der Waals surface area contributed by atoms with E-state index in [9.17, 15) is 9.18 Å². The molecule has 1 aliphatic rings. The summed E-state index contributed by atoms with van der Waals surface area (Å²) in [6.07, 6.45) is 0. The summed E-state index contributed by atoms with van der Waals surface area (Å²) in [5, 5.41) is 14.4. The predicted molar refractivity (Wildman–Crippen MR) is 125 cm³/mol. The molecule has 1 fully saturated rings. The molecule has 1 amide bonds. The Morgan fingerprint density at radius 2 is 1.78 bits per heavy atom. The number of carbonyl (C=O) groups is 1. The van der Waals surface area contributed by atoms with E-state index in [0.717, 1.165) is 42.6 Å². The lowest BCUT2D eigenvalue weighted by atomic mass is 10.0. The second-order valence-corrected chi connectivity index (χ2v) is 9.35. The molecule has 0 bridgehead atoms. The van der Waals surface area contributed by atoms with Gasteiger partial charge in [-0.25, -0.2) is 4.39 Å². The van der Waals surface area contributed by atoms with E-state index in [1.165, 1.54) is 23.9 Å². The molecule has 0 aliphatic carbocycles. The van der Waals surface area contributed by atoms with Gasteiger partial charge in [0, 0.05) is 41.5 Å². The number of benzene rings is 2. The SMILES string of the molecule is CC(C)(CNC(=O)CSc1nnc(-c2ccc(F)cc2)c2ccccc12)N1CCOCC1. The maximum Gasteiger partial charge on any atom is 0.230 e. The molecule has 3 aromatic rings. The van der Waals surface area contributed by atoms with E-state index in [-0.39, 0.29) is 23.0 Å². The van der Waals surface area contributed by atoms with Gasteiger partial charge in [-0.2, -0.15) is 0 Å². The van der Waals surface area contributed by atoms with Crippen LogP contribution in [0.1, 0.15) is 13.8 Å². The van der Waals surface area contributed by atoms with E-state index in [2.05, 4.69) is 34.3 Å². The number of morpholine rings is 1. The summed E-state index contributed by atoms with van der Waals surface area (Å²) in [5.74, 6) is -0.0702. The number of hydrogen-bond acceptors (Lipinski definition) is 6. The van der Waals surface area contributed by atoms with Crippen molar-refractivity contribution in [1.82, 2.24) is 20.4 Å². The summed E-state index contributed by atoms with van der Waals surface area (Å²) in [6.45, 7) is 8.05. The fourth-order valence-corrected chi connectivity index (χ4v) is 4.59. The van der Waals surface area contributed by atoms with Crippen LogP contribution in [-0.2, 0) is 9.53 Å². The number of thioether (sulfide) groups is 1. The summed E-state index contributed by atoms with van der Waals surface area (Å²) in [5.41, 5.74) is 1.37. The standard InChI is InChI=1S/C24H27FN4O2S/c1-24(2,29-11-13-31-14-12-29)16-26-21(30)15-32-23-20-6-4-3-5-19(20)22(27-28-23)17-7-9-18(25)10-8-17/h3-10H,11-16H2,1-2H3,(H,26,30). The third-order valence-electron chi connectivity index (χ3n) is 5.70. The van der Waals surface area contributed by atoms with Crippen molar-refractivity contribution in [3.05, 3.63) is 54.3 Å². The molecular weight excluding hydrogens is 427 g/mol. The third-order valence-corrected chi connectivity index (χ3v) is 6.68. The molecule has 8 heteroatoms. The maximum absolute atomic E-state index is 13.3. The Hall–Kier alpha value is -2.55. The fraction of sp³-hybridized carbons (Fsp3) is 0.375. The third kappa shape index (κ3) is 5.26. The topological polar surface area (TPSA) is 67.4 Å². The largest absolute Gasteiger partial charge is 0.379 e. The summed E-state index contributed by atoms with van der Waals surface area (Å²) in [4.78, 5) is 14.9. The van der Waals surface area contributed by atoms with Crippen molar-refractivity contribution >= 4 is 28.4 Å². The van der Waals surface area contributed by atoms with Gasteiger partial charge in [-0.05, 0) is 38.1 Å². The highest BCUT2D eigenvalue weighted by Gasteiger charge is 2.28. The first-order valence-electron chi connectivity index (χ1n) is 10.7. The number of hydrogen-bond donors (Lipinski definition) is 1. The van der Waals surface area contributed by atoms with E-state index in [1.807, 2.05) is 24.3 Å². The molecule has 1 saturated heterocycles. The van der Waals surface area contributed by atoms with Crippen LogP contribution < -0.4 is 5.32 Å². The number of nitrogens with zero attached hydrogens (tertiary/aromatic N) is 3. The minimum absolute atomic E-state index is 0.0372. The molecule has 0 saturated carbocycles. The molecule has 0 radical (unpaired) electrons. The Labute approximate surface area is 191 Å². The molecule has 1 aromatic heterocycles. The molecule has 0 spiro atoms. The van der Waals surface area contributed by atoms with Crippen LogP contribution in [0.4, 0.5) is 4.39 Å². The van der Waals surface area contributed by atoms with Crippen molar-refractivity contribution in [1.29, 1.82) is 0 Å². The molecule has 0 atom stereocenters. The molecule has 2 heterocycles. The highest BCUT2D eigenvalue weighted by atomic mass is 32.2. The van der Waals surface area contributed by atoms with Crippen LogP contribution in [0.3, 0.4) is 0 Å². The Balaban J connectivity index is 1.43. The number of carbonyl (C=O) groups excluding carboxylic acids is 1. The highest BCUT2D eigenvalue weighted by Crippen LogP contribution is 2.31. The minimum atomic E-state index is -0.291. The van der Waals surface area contributed by atoms with Crippen LogP contribution in [0, 0.1) is 5.82 Å². The van der Waals surface area contributed by atoms with Gasteiger partial charge in [0.05, 0.1) is 19.0 Å². The van der Waals surface area contributed by atoms with Crippen molar-refractivity contribution in [2.45, 2.75) is 24.4 Å². The van der Waals surface area contributed by atoms with Crippen LogP contribution in [0.5, 0.6) is 0 Å². The normalized spacial score (nSPS) is 15.1. The van der Waals surface area contributed by atoms with Crippen LogP contribution in [0.25, 0.3) is 22.0 Å². The van der Waals surface area contributed by atoms with Crippen molar-refractivity contribution in [2.75, 3.05) is 38.6 Å². The van der Waals surface area contributed by atoms with Gasteiger partial charge in [-0.1, -0.05) is 36.0 Å². The molecule has 1 aliphatic heterocycles. The van der Waals surface area contributed by atoms with Gasteiger partial charge in [-0.3, -0.25) is 9.69 Å². The molecule has 0 unspecified atom stereocenters. The lowest BCUT2D eigenvalue weighted by molar-refractivity contribution is -0.119. The molecule has 6 nitrogen and oxygen atoms in total. The van der Waals surface area contributed by atoms with Crippen molar-refractivity contribution in [3.8, 4) is 11.3 Å². The summed E-state index contributed by atoms with van der Waals surface area (Å²) in [7, 11) is 0. The zero-order valence-electron chi connectivity index (χ0n) is 18.3. The number of halogens is 1. The second kappa shape index (κ2) is 9.94. The van der Waals surface area contributed by atoms with Crippen molar-refractivity contribution in [3.63, 3.8) is 0 Å². The first-order valence-corrected chi connectivity index (χ1v) is 11.7. The van der Waals surface area contributed by atoms with Crippen molar-refractivity contribution < 1.29 is 13.9 Å². The Bertz CT molecular complexity index is 1090. The minimum Gasteiger partial charge on any atom is -0.379 e. The molecule has 32 heavy (non-hydrogen) atoms. The number of rotatable bonds is 7. The van der Waals surface area contributed by atoms with E-state index in [1.54, 1.807) is 12.1 Å². The van der Waals surface area contributed by atoms with Gasteiger partial charge in [0.15, 0.2) is 0 Å². The van der Waals surface area contributed by atoms with Gasteiger partial charge in [0.25, 0.3) is 0 Å². The zero-order valence-corrected chi connectivity index (χ0v) is 19.1. The lowest BCUT2D eigenvalue weighted by Crippen LogP contribution is -2.55. The number of aromatic nitrogens is 2. The molecule has 4 rings (SSSR count). The van der Waals surface area contributed by atoms with Crippen LogP contribution >= 0.6 is 11.8 Å². The number of ether oxygens (including phenoxy) is 1. The van der Waals surface area contributed by atoms with E-state index in [0.29, 0.717) is 17.3 Å². The van der Waals surface area contributed by atoms with E-state index in [4.69, 9.17) is 4.74 Å². The summed E-state index contributed by atoms with van der Waals surface area (Å²) >= 11 is 1.37. The highest BCUT2D eigenvalue weighted by molar-refractivity contribution is 8.00. The summed E-state index contributed by atoms with van der Waals surface area (Å²) < 4.78 is 18.7. The number of nitrogens with one attached hydrogen (secondary N) is 1. The van der Waals surface area contributed by atoms with E-state index >= 15 is 0 Å². The Morgan fingerprint density at radius 3 is 2.50 bits per heavy atom. The van der Waals surface area contributed by atoms with Gasteiger partial charge in [0.2, 0.25) is 5.91 Å². The maximum atomic E-state index is 13.3. The van der Waals surface area contributed by atoms with E-state index < -0.39 is 0 Å². The van der Waals surface area contributed by atoms with Gasteiger partial charge < -0.3 is 10.1 Å².